The minimum atomic E-state index is -0.675. The van der Waals surface area contributed by atoms with Gasteiger partial charge in [-0.25, -0.2) is 4.79 Å². The minimum Gasteiger partial charge on any atom is -0.450 e. The Bertz CT molecular complexity index is 85.8. The molecular weight excluding hydrogens is 132 g/mol. The summed E-state index contributed by atoms with van der Waals surface area (Å²) in [5, 5.41) is 0. The maximum Gasteiger partial charge on any atom is 0.404 e. The highest BCUT2D eigenvalue weighted by Gasteiger charge is 1.90. The zero-order valence-corrected chi connectivity index (χ0v) is 6.43. The van der Waals surface area contributed by atoms with Gasteiger partial charge in [-0.15, -0.1) is 0 Å². The molecule has 0 aromatic rings. The van der Waals surface area contributed by atoms with Crippen LogP contribution in [0.3, 0.4) is 0 Å². The molecule has 1 amide bonds. The number of hydrogen-bond acceptors (Lipinski definition) is 3. The normalized spacial score (nSPS) is 8.10. The van der Waals surface area contributed by atoms with E-state index in [-0.39, 0.29) is 6.15 Å². The first-order valence-electron chi connectivity index (χ1n) is 3.19. The van der Waals surface area contributed by atoms with E-state index >= 15 is 0 Å². The molecule has 0 unspecified atom stereocenters. The number of unbranched alkanes of at least 4 members (excludes halogenated alkanes) is 2. The second-order valence-corrected chi connectivity index (χ2v) is 1.87. The summed E-state index contributed by atoms with van der Waals surface area (Å²) in [7, 11) is 0. The van der Waals surface area contributed by atoms with Gasteiger partial charge < -0.3 is 16.6 Å². The third-order valence-corrected chi connectivity index (χ3v) is 0.992. The molecule has 0 aliphatic rings. The molecule has 0 radical (unpaired) electrons. The molecule has 4 nitrogen and oxygen atoms in total. The van der Waals surface area contributed by atoms with Gasteiger partial charge in [0.1, 0.15) is 0 Å². The summed E-state index contributed by atoms with van der Waals surface area (Å²) in [6, 6.07) is 0. The molecule has 0 fully saturated rings. The number of hydrogen-bond donors (Lipinski definition) is 2. The summed E-state index contributed by atoms with van der Waals surface area (Å²) in [6.07, 6.45) is 2.46. The van der Waals surface area contributed by atoms with Crippen molar-refractivity contribution in [2.45, 2.75) is 26.2 Å². The number of carbonyl (C=O) groups is 1. The molecule has 0 spiro atoms. The van der Waals surface area contributed by atoms with Crippen LogP contribution in [0.15, 0.2) is 0 Å². The van der Waals surface area contributed by atoms with Crippen LogP contribution in [-0.2, 0) is 4.74 Å². The molecule has 0 aromatic heterocycles. The highest BCUT2D eigenvalue weighted by Crippen LogP contribution is 1.93. The van der Waals surface area contributed by atoms with Crippen LogP contribution in [0, 0.1) is 0 Å². The fourth-order valence-electron chi connectivity index (χ4n) is 0.525. The lowest BCUT2D eigenvalue weighted by Crippen LogP contribution is -2.13. The largest absolute Gasteiger partial charge is 0.450 e. The predicted molar refractivity (Wildman–Crippen MR) is 40.1 cm³/mol. The third kappa shape index (κ3) is 10.3. The molecule has 4 heteroatoms. The first kappa shape index (κ1) is 12.0. The van der Waals surface area contributed by atoms with Crippen LogP contribution in [0.25, 0.3) is 0 Å². The smallest absolute Gasteiger partial charge is 0.404 e. The lowest BCUT2D eigenvalue weighted by atomic mass is 10.3. The molecular formula is C6H16N2O2. The lowest BCUT2D eigenvalue weighted by molar-refractivity contribution is 0.154. The Balaban J connectivity index is 0. The van der Waals surface area contributed by atoms with Gasteiger partial charge in [-0.05, 0) is 6.42 Å². The van der Waals surface area contributed by atoms with Crippen molar-refractivity contribution in [2.75, 3.05) is 6.61 Å². The molecule has 0 aliphatic carbocycles. The molecule has 0 aliphatic heterocycles. The van der Waals surface area contributed by atoms with Crippen LogP contribution in [0.1, 0.15) is 26.2 Å². The summed E-state index contributed by atoms with van der Waals surface area (Å²) in [4.78, 5) is 9.96. The first-order chi connectivity index (χ1) is 4.27. The van der Waals surface area contributed by atoms with E-state index in [1.54, 1.807) is 0 Å². The Morgan fingerprint density at radius 3 is 2.50 bits per heavy atom. The minimum absolute atomic E-state index is 0. The number of ether oxygens (including phenoxy) is 1. The molecule has 0 saturated heterocycles. The van der Waals surface area contributed by atoms with E-state index in [0.717, 1.165) is 19.3 Å². The van der Waals surface area contributed by atoms with Gasteiger partial charge in [0.05, 0.1) is 6.61 Å². The summed E-state index contributed by atoms with van der Waals surface area (Å²) in [6.45, 7) is 2.55. The average Bonchev–Trinajstić information content (AvgIpc) is 1.80. The highest BCUT2D eigenvalue weighted by molar-refractivity contribution is 5.64. The lowest BCUT2D eigenvalue weighted by Gasteiger charge is -1.97. The number of amides is 1. The first-order valence-corrected chi connectivity index (χ1v) is 3.19. The van der Waals surface area contributed by atoms with E-state index in [2.05, 4.69) is 11.7 Å². The standard InChI is InChI=1S/C6H13NO2.H3N/c1-2-3-4-5-9-6(7)8;/h2-5H2,1H3,(H2,7,8);1H3. The predicted octanol–water partition coefficient (Wildman–Crippen LogP) is 1.43. The monoisotopic (exact) mass is 148 g/mol. The van der Waals surface area contributed by atoms with Crippen molar-refractivity contribution in [1.82, 2.24) is 6.15 Å². The van der Waals surface area contributed by atoms with Crippen molar-refractivity contribution in [3.63, 3.8) is 0 Å². The zero-order chi connectivity index (χ0) is 7.11. The maximum absolute atomic E-state index is 9.96. The molecule has 0 atom stereocenters. The summed E-state index contributed by atoms with van der Waals surface area (Å²) in [5.41, 5.74) is 4.71. The van der Waals surface area contributed by atoms with E-state index in [9.17, 15) is 4.79 Å². The summed E-state index contributed by atoms with van der Waals surface area (Å²) < 4.78 is 4.48. The second kappa shape index (κ2) is 8.23. The van der Waals surface area contributed by atoms with Crippen molar-refractivity contribution in [3.8, 4) is 0 Å². The van der Waals surface area contributed by atoms with Crippen molar-refractivity contribution in [2.24, 2.45) is 5.73 Å². The Labute approximate surface area is 61.3 Å². The van der Waals surface area contributed by atoms with Crippen LogP contribution >= 0.6 is 0 Å². The van der Waals surface area contributed by atoms with E-state index < -0.39 is 6.09 Å². The van der Waals surface area contributed by atoms with Crippen molar-refractivity contribution in [3.05, 3.63) is 0 Å². The zero-order valence-electron chi connectivity index (χ0n) is 6.43. The van der Waals surface area contributed by atoms with Crippen LogP contribution < -0.4 is 11.9 Å². The molecule has 0 aromatic carbocycles. The second-order valence-electron chi connectivity index (χ2n) is 1.87. The van der Waals surface area contributed by atoms with Gasteiger partial charge in [-0.2, -0.15) is 0 Å². The van der Waals surface area contributed by atoms with Crippen molar-refractivity contribution in [1.29, 1.82) is 0 Å². The highest BCUT2D eigenvalue weighted by atomic mass is 16.5. The molecule has 0 rings (SSSR count). The van der Waals surface area contributed by atoms with Gasteiger partial charge in [0.15, 0.2) is 0 Å². The number of rotatable bonds is 4. The Hall–Kier alpha value is -0.770. The van der Waals surface area contributed by atoms with Gasteiger partial charge in [-0.3, -0.25) is 0 Å². The SMILES string of the molecule is CCCCCOC(N)=O.N. The van der Waals surface area contributed by atoms with E-state index in [1.165, 1.54) is 0 Å². The molecule has 5 N–H and O–H groups in total. The molecule has 0 bridgehead atoms. The van der Waals surface area contributed by atoms with Gasteiger partial charge in [0.2, 0.25) is 0 Å². The molecule has 62 valence electrons. The maximum atomic E-state index is 9.96. The van der Waals surface area contributed by atoms with Gasteiger partial charge >= 0.3 is 6.09 Å². The Kier molecular flexibility index (Phi) is 9.84. The van der Waals surface area contributed by atoms with Gasteiger partial charge in [0, 0.05) is 0 Å². The van der Waals surface area contributed by atoms with Crippen LogP contribution in [0.5, 0.6) is 0 Å². The Morgan fingerprint density at radius 1 is 1.50 bits per heavy atom. The summed E-state index contributed by atoms with van der Waals surface area (Å²) in [5.74, 6) is 0. The van der Waals surface area contributed by atoms with Gasteiger partial charge in [-0.1, -0.05) is 19.8 Å². The number of carbonyl (C=O) groups excluding carboxylic acids is 1. The van der Waals surface area contributed by atoms with E-state index in [1.807, 2.05) is 0 Å². The number of primary amides is 1. The average molecular weight is 148 g/mol. The number of nitrogens with two attached hydrogens (primary N) is 1. The topological polar surface area (TPSA) is 87.3 Å². The van der Waals surface area contributed by atoms with E-state index in [0.29, 0.717) is 6.61 Å². The molecule has 10 heavy (non-hydrogen) atoms. The van der Waals surface area contributed by atoms with Crippen molar-refractivity contribution >= 4 is 6.09 Å². The van der Waals surface area contributed by atoms with Gasteiger partial charge in [0.25, 0.3) is 0 Å². The quantitative estimate of drug-likeness (QED) is 0.591. The fraction of sp³-hybridized carbons (Fsp3) is 0.833. The molecule has 0 heterocycles. The fourth-order valence-corrected chi connectivity index (χ4v) is 0.525. The molecule has 0 saturated carbocycles. The van der Waals surface area contributed by atoms with Crippen LogP contribution in [0.2, 0.25) is 0 Å². The van der Waals surface area contributed by atoms with Crippen molar-refractivity contribution < 1.29 is 9.53 Å². The Morgan fingerprint density at radius 2 is 2.10 bits per heavy atom. The van der Waals surface area contributed by atoms with E-state index in [4.69, 9.17) is 5.73 Å². The van der Waals surface area contributed by atoms with Crippen LogP contribution in [0.4, 0.5) is 4.79 Å². The third-order valence-electron chi connectivity index (χ3n) is 0.992. The van der Waals surface area contributed by atoms with Crippen LogP contribution in [-0.4, -0.2) is 12.7 Å². The summed E-state index contributed by atoms with van der Waals surface area (Å²) >= 11 is 0.